The topological polar surface area (TPSA) is 38.7 Å². The second-order valence-corrected chi connectivity index (χ2v) is 3.48. The number of isocyanates is 1. The van der Waals surface area contributed by atoms with Gasteiger partial charge < -0.3 is 4.74 Å². The fourth-order valence-electron chi connectivity index (χ4n) is 1.54. The van der Waals surface area contributed by atoms with Crippen LogP contribution < -0.4 is 4.74 Å². The lowest BCUT2D eigenvalue weighted by Gasteiger charge is -2.03. The molecule has 0 amide bonds. The summed E-state index contributed by atoms with van der Waals surface area (Å²) in [7, 11) is 0. The number of nitrogens with zero attached hydrogens (tertiary/aromatic N) is 1. The van der Waals surface area contributed by atoms with Crippen molar-refractivity contribution in [3.63, 3.8) is 0 Å². The average Bonchev–Trinajstić information content (AvgIpc) is 2.63. The van der Waals surface area contributed by atoms with Gasteiger partial charge in [-0.15, -0.1) is 0 Å². The summed E-state index contributed by atoms with van der Waals surface area (Å²) in [6.07, 6.45) is 2.37. The molecule has 1 heterocycles. The molecular formula is C10H8ClNO2. The maximum atomic E-state index is 9.95. The summed E-state index contributed by atoms with van der Waals surface area (Å²) in [6, 6.07) is 3.74. The lowest BCUT2D eigenvalue weighted by Crippen LogP contribution is -1.87. The van der Waals surface area contributed by atoms with Gasteiger partial charge >= 0.3 is 0 Å². The molecule has 1 aliphatic heterocycles. The van der Waals surface area contributed by atoms with Crippen molar-refractivity contribution >= 4 is 17.7 Å². The molecule has 0 unspecified atom stereocenters. The van der Waals surface area contributed by atoms with Crippen LogP contribution in [0.1, 0.15) is 11.1 Å². The molecule has 72 valence electrons. The lowest BCUT2D eigenvalue weighted by molar-refractivity contribution is 0.357. The predicted molar refractivity (Wildman–Crippen MR) is 52.5 cm³/mol. The van der Waals surface area contributed by atoms with E-state index in [1.165, 1.54) is 6.08 Å². The van der Waals surface area contributed by atoms with Gasteiger partial charge in [0.1, 0.15) is 5.75 Å². The second-order valence-electron chi connectivity index (χ2n) is 3.07. The molecule has 1 aromatic rings. The van der Waals surface area contributed by atoms with Crippen molar-refractivity contribution in [1.29, 1.82) is 0 Å². The fourth-order valence-corrected chi connectivity index (χ4v) is 1.85. The Hall–Kier alpha value is -1.31. The smallest absolute Gasteiger partial charge is 0.235 e. The number of rotatable bonds is 2. The molecule has 0 fully saturated rings. The van der Waals surface area contributed by atoms with Crippen molar-refractivity contribution in [3.8, 4) is 5.75 Å². The van der Waals surface area contributed by atoms with Crippen LogP contribution in [0, 0.1) is 0 Å². The van der Waals surface area contributed by atoms with Gasteiger partial charge in [0, 0.05) is 6.42 Å². The first-order chi connectivity index (χ1) is 6.81. The minimum atomic E-state index is 0.330. The van der Waals surface area contributed by atoms with E-state index >= 15 is 0 Å². The Morgan fingerprint density at radius 3 is 3.21 bits per heavy atom. The van der Waals surface area contributed by atoms with E-state index in [2.05, 4.69) is 4.99 Å². The second kappa shape index (κ2) is 3.82. The molecule has 4 heteroatoms. The van der Waals surface area contributed by atoms with Crippen LogP contribution >= 0.6 is 11.6 Å². The van der Waals surface area contributed by atoms with Crippen molar-refractivity contribution in [2.24, 2.45) is 4.99 Å². The number of hydrogen-bond acceptors (Lipinski definition) is 3. The normalized spacial score (nSPS) is 12.9. The van der Waals surface area contributed by atoms with E-state index in [1.807, 2.05) is 6.07 Å². The largest absolute Gasteiger partial charge is 0.491 e. The summed E-state index contributed by atoms with van der Waals surface area (Å²) < 4.78 is 5.35. The molecule has 0 spiro atoms. The molecular weight excluding hydrogens is 202 g/mol. The van der Waals surface area contributed by atoms with E-state index < -0.39 is 0 Å². The summed E-state index contributed by atoms with van der Waals surface area (Å²) in [5.41, 5.74) is 2.01. The summed E-state index contributed by atoms with van der Waals surface area (Å²) in [6.45, 7) is 1.01. The molecule has 0 atom stereocenters. The molecule has 0 saturated carbocycles. The summed E-state index contributed by atoms with van der Waals surface area (Å²) in [4.78, 5) is 13.5. The minimum absolute atomic E-state index is 0.330. The van der Waals surface area contributed by atoms with Gasteiger partial charge in [0.25, 0.3) is 0 Å². The van der Waals surface area contributed by atoms with Gasteiger partial charge in [-0.25, -0.2) is 9.79 Å². The number of hydrogen-bond donors (Lipinski definition) is 0. The molecule has 0 saturated heterocycles. The van der Waals surface area contributed by atoms with E-state index in [0.717, 1.165) is 23.3 Å². The summed E-state index contributed by atoms with van der Waals surface area (Å²) in [5, 5.41) is 0.594. The Balaban J connectivity index is 2.36. The van der Waals surface area contributed by atoms with Crippen molar-refractivity contribution in [1.82, 2.24) is 0 Å². The Morgan fingerprint density at radius 2 is 2.43 bits per heavy atom. The van der Waals surface area contributed by atoms with Crippen molar-refractivity contribution < 1.29 is 9.53 Å². The average molecular weight is 210 g/mol. The third kappa shape index (κ3) is 1.65. The van der Waals surface area contributed by atoms with Crippen LogP contribution in [-0.4, -0.2) is 12.7 Å². The quantitative estimate of drug-likeness (QED) is 0.553. The molecule has 0 aliphatic carbocycles. The highest BCUT2D eigenvalue weighted by Gasteiger charge is 2.16. The third-order valence-corrected chi connectivity index (χ3v) is 2.41. The first-order valence-electron chi connectivity index (χ1n) is 4.29. The van der Waals surface area contributed by atoms with Gasteiger partial charge in [0.15, 0.2) is 0 Å². The van der Waals surface area contributed by atoms with E-state index in [0.29, 0.717) is 18.2 Å². The maximum Gasteiger partial charge on any atom is 0.235 e. The highest BCUT2D eigenvalue weighted by Crippen LogP contribution is 2.34. The molecule has 3 nitrogen and oxygen atoms in total. The molecule has 0 radical (unpaired) electrons. The van der Waals surface area contributed by atoms with Crippen molar-refractivity contribution in [2.75, 3.05) is 6.61 Å². The van der Waals surface area contributed by atoms with Gasteiger partial charge in [-0.05, 0) is 23.3 Å². The zero-order valence-corrected chi connectivity index (χ0v) is 8.17. The zero-order chi connectivity index (χ0) is 9.97. The SMILES string of the molecule is O=C=NCc1cc(Cl)c2c(c1)CCO2. The minimum Gasteiger partial charge on any atom is -0.491 e. The maximum absolute atomic E-state index is 9.95. The Kier molecular flexibility index (Phi) is 2.53. The van der Waals surface area contributed by atoms with Gasteiger partial charge in [-0.3, -0.25) is 0 Å². The number of halogens is 1. The van der Waals surface area contributed by atoms with E-state index in [9.17, 15) is 4.79 Å². The third-order valence-electron chi connectivity index (χ3n) is 2.12. The van der Waals surface area contributed by atoms with Crippen LogP contribution in [0.4, 0.5) is 0 Å². The Bertz CT molecular complexity index is 411. The standard InChI is InChI=1S/C10H8ClNO2/c11-9-4-7(5-12-6-13)3-8-1-2-14-10(8)9/h3-4H,1-2,5H2. The van der Waals surface area contributed by atoms with Crippen LogP contribution in [0.5, 0.6) is 5.75 Å². The van der Waals surface area contributed by atoms with Gasteiger partial charge in [0.2, 0.25) is 6.08 Å². The highest BCUT2D eigenvalue weighted by atomic mass is 35.5. The van der Waals surface area contributed by atoms with Crippen LogP contribution in [-0.2, 0) is 17.8 Å². The molecule has 0 aromatic heterocycles. The number of carbonyl (C=O) groups excluding carboxylic acids is 1. The lowest BCUT2D eigenvalue weighted by atomic mass is 10.1. The van der Waals surface area contributed by atoms with Crippen molar-refractivity contribution in [3.05, 3.63) is 28.3 Å². The van der Waals surface area contributed by atoms with Gasteiger partial charge in [-0.1, -0.05) is 11.6 Å². The molecule has 14 heavy (non-hydrogen) atoms. The number of aliphatic imine (C=N–C) groups is 1. The highest BCUT2D eigenvalue weighted by molar-refractivity contribution is 6.32. The van der Waals surface area contributed by atoms with Crippen molar-refractivity contribution in [2.45, 2.75) is 13.0 Å². The summed E-state index contributed by atoms with van der Waals surface area (Å²) in [5.74, 6) is 0.769. The van der Waals surface area contributed by atoms with Crippen LogP contribution in [0.2, 0.25) is 5.02 Å². The molecule has 0 bridgehead atoms. The molecule has 0 N–H and O–H groups in total. The van der Waals surface area contributed by atoms with Crippen LogP contribution in [0.3, 0.4) is 0 Å². The monoisotopic (exact) mass is 209 g/mol. The predicted octanol–water partition coefficient (Wildman–Crippen LogP) is 2.11. The first-order valence-corrected chi connectivity index (χ1v) is 4.67. The van der Waals surface area contributed by atoms with Gasteiger partial charge in [-0.2, -0.15) is 0 Å². The number of fused-ring (bicyclic) bond motifs is 1. The summed E-state index contributed by atoms with van der Waals surface area (Å²) >= 11 is 5.99. The van der Waals surface area contributed by atoms with Crippen LogP contribution in [0.25, 0.3) is 0 Å². The number of ether oxygens (including phenoxy) is 1. The Morgan fingerprint density at radius 1 is 1.57 bits per heavy atom. The Labute approximate surface area is 86.4 Å². The van der Waals surface area contributed by atoms with Gasteiger partial charge in [0.05, 0.1) is 18.2 Å². The fraction of sp³-hybridized carbons (Fsp3) is 0.300. The molecule has 1 aromatic carbocycles. The van der Waals surface area contributed by atoms with E-state index in [1.54, 1.807) is 6.07 Å². The van der Waals surface area contributed by atoms with E-state index in [4.69, 9.17) is 16.3 Å². The zero-order valence-electron chi connectivity index (χ0n) is 7.42. The van der Waals surface area contributed by atoms with Crippen LogP contribution in [0.15, 0.2) is 17.1 Å². The molecule has 1 aliphatic rings. The number of benzene rings is 1. The molecule has 2 rings (SSSR count). The van der Waals surface area contributed by atoms with E-state index in [-0.39, 0.29) is 0 Å². The first kappa shape index (κ1) is 9.25.